The highest BCUT2D eigenvalue weighted by atomic mass is 16.5. The highest BCUT2D eigenvalue weighted by molar-refractivity contribution is 6.17. The fourth-order valence-electron chi connectivity index (χ4n) is 1.19. The van der Waals surface area contributed by atoms with Crippen molar-refractivity contribution in [2.24, 2.45) is 0 Å². The molecule has 1 aromatic rings. The van der Waals surface area contributed by atoms with Gasteiger partial charge in [0.25, 0.3) is 0 Å². The average molecular weight is 207 g/mol. The lowest BCUT2D eigenvalue weighted by Crippen LogP contribution is -2.10. The standard InChI is InChI=1S/C10H12BO4/c1-2-14-10(12)7-8-5-3-4-6-9(8)15-11-13/h3-6,13H,2,7H2,1H3. The van der Waals surface area contributed by atoms with Gasteiger partial charge in [-0.05, 0) is 13.0 Å². The molecule has 1 rings (SSSR count). The van der Waals surface area contributed by atoms with Gasteiger partial charge in [0.05, 0.1) is 13.0 Å². The van der Waals surface area contributed by atoms with Gasteiger partial charge in [0, 0.05) is 5.56 Å². The van der Waals surface area contributed by atoms with Crippen molar-refractivity contribution in [2.45, 2.75) is 13.3 Å². The van der Waals surface area contributed by atoms with Gasteiger partial charge in [-0.1, -0.05) is 18.2 Å². The summed E-state index contributed by atoms with van der Waals surface area (Å²) in [6, 6.07) is 6.96. The quantitative estimate of drug-likeness (QED) is 0.570. The lowest BCUT2D eigenvalue weighted by molar-refractivity contribution is -0.142. The van der Waals surface area contributed by atoms with E-state index in [4.69, 9.17) is 14.4 Å². The maximum Gasteiger partial charge on any atom is 0.569 e. The summed E-state index contributed by atoms with van der Waals surface area (Å²) >= 11 is 0. The molecule has 0 spiro atoms. The molecule has 0 unspecified atom stereocenters. The molecule has 0 fully saturated rings. The van der Waals surface area contributed by atoms with E-state index in [9.17, 15) is 4.79 Å². The normalized spacial score (nSPS) is 9.47. The zero-order chi connectivity index (χ0) is 11.1. The second-order valence-electron chi connectivity index (χ2n) is 2.81. The molecule has 0 amide bonds. The van der Waals surface area contributed by atoms with Crippen molar-refractivity contribution in [1.29, 1.82) is 0 Å². The summed E-state index contributed by atoms with van der Waals surface area (Å²) in [6.07, 6.45) is 0.137. The monoisotopic (exact) mass is 207 g/mol. The maximum absolute atomic E-state index is 11.2. The van der Waals surface area contributed by atoms with Crippen LogP contribution < -0.4 is 4.65 Å². The van der Waals surface area contributed by atoms with Crippen LogP contribution in [0, 0.1) is 0 Å². The van der Waals surface area contributed by atoms with Crippen LogP contribution in [0.2, 0.25) is 0 Å². The van der Waals surface area contributed by atoms with Crippen molar-refractivity contribution < 1.29 is 19.2 Å². The van der Waals surface area contributed by atoms with E-state index in [1.807, 2.05) is 0 Å². The number of benzene rings is 1. The third-order valence-corrected chi connectivity index (χ3v) is 1.79. The number of hydrogen-bond donors (Lipinski definition) is 1. The van der Waals surface area contributed by atoms with Crippen LogP contribution in [-0.4, -0.2) is 25.3 Å². The molecule has 4 nitrogen and oxygen atoms in total. The van der Waals surface area contributed by atoms with E-state index in [-0.39, 0.29) is 12.4 Å². The van der Waals surface area contributed by atoms with Crippen molar-refractivity contribution in [2.75, 3.05) is 6.61 Å². The number of carbonyl (C=O) groups excluding carboxylic acids is 1. The Morgan fingerprint density at radius 2 is 2.20 bits per heavy atom. The molecular formula is C10H12BO4. The van der Waals surface area contributed by atoms with Gasteiger partial charge in [0.1, 0.15) is 5.75 Å². The number of ether oxygens (including phenoxy) is 1. The Balaban J connectivity index is 2.70. The fourth-order valence-corrected chi connectivity index (χ4v) is 1.19. The minimum atomic E-state index is -0.313. The van der Waals surface area contributed by atoms with Crippen LogP contribution in [0.5, 0.6) is 5.75 Å². The first-order chi connectivity index (χ1) is 7.27. The molecule has 0 aliphatic rings. The lowest BCUT2D eigenvalue weighted by Gasteiger charge is -2.08. The SMILES string of the molecule is CCOC(=O)Cc1ccccc1O[B]O. The molecule has 1 radical (unpaired) electrons. The largest absolute Gasteiger partial charge is 0.569 e. The molecule has 5 heteroatoms. The molecule has 0 heterocycles. The Hall–Kier alpha value is -1.49. The summed E-state index contributed by atoms with van der Waals surface area (Å²) in [5.74, 6) is 0.138. The molecule has 0 aliphatic carbocycles. The molecule has 0 aromatic heterocycles. The van der Waals surface area contributed by atoms with Crippen molar-refractivity contribution in [3.05, 3.63) is 29.8 Å². The van der Waals surface area contributed by atoms with Gasteiger partial charge in [0.2, 0.25) is 0 Å². The molecule has 79 valence electrons. The Morgan fingerprint density at radius 3 is 2.87 bits per heavy atom. The Morgan fingerprint density at radius 1 is 1.47 bits per heavy atom. The summed E-state index contributed by atoms with van der Waals surface area (Å²) in [6.45, 7) is 2.11. The van der Waals surface area contributed by atoms with Crippen molar-refractivity contribution in [3.63, 3.8) is 0 Å². The highest BCUT2D eigenvalue weighted by Gasteiger charge is 2.09. The van der Waals surface area contributed by atoms with Crippen molar-refractivity contribution >= 4 is 13.7 Å². The number of hydrogen-bond acceptors (Lipinski definition) is 4. The van der Waals surface area contributed by atoms with Crippen LogP contribution in [0.25, 0.3) is 0 Å². The van der Waals surface area contributed by atoms with Gasteiger partial charge >= 0.3 is 13.7 Å². The van der Waals surface area contributed by atoms with Gasteiger partial charge in [-0.3, -0.25) is 4.79 Å². The molecule has 15 heavy (non-hydrogen) atoms. The zero-order valence-corrected chi connectivity index (χ0v) is 8.47. The summed E-state index contributed by atoms with van der Waals surface area (Å²) in [5, 5.41) is 8.52. The van der Waals surface area contributed by atoms with E-state index < -0.39 is 0 Å². The third-order valence-electron chi connectivity index (χ3n) is 1.79. The summed E-state index contributed by atoms with van der Waals surface area (Å²) in [5.41, 5.74) is 0.682. The van der Waals surface area contributed by atoms with E-state index in [0.29, 0.717) is 25.6 Å². The number of para-hydroxylation sites is 1. The Labute approximate surface area is 89.1 Å². The van der Waals surface area contributed by atoms with Gasteiger partial charge in [0.15, 0.2) is 0 Å². The number of esters is 1. The predicted molar refractivity (Wildman–Crippen MR) is 55.4 cm³/mol. The van der Waals surface area contributed by atoms with Gasteiger partial charge in [-0.25, -0.2) is 0 Å². The van der Waals surface area contributed by atoms with Gasteiger partial charge < -0.3 is 14.4 Å². The molecule has 0 saturated heterocycles. The lowest BCUT2D eigenvalue weighted by atomic mass is 10.1. The van der Waals surface area contributed by atoms with Crippen LogP contribution >= 0.6 is 0 Å². The van der Waals surface area contributed by atoms with Crippen LogP contribution in [0.4, 0.5) is 0 Å². The van der Waals surface area contributed by atoms with Gasteiger partial charge in [-0.15, -0.1) is 0 Å². The van der Waals surface area contributed by atoms with E-state index in [2.05, 4.69) is 0 Å². The second kappa shape index (κ2) is 6.08. The van der Waals surface area contributed by atoms with E-state index in [0.717, 1.165) is 0 Å². The molecular weight excluding hydrogens is 195 g/mol. The summed E-state index contributed by atoms with van der Waals surface area (Å²) < 4.78 is 9.65. The van der Waals surface area contributed by atoms with Crippen LogP contribution in [-0.2, 0) is 16.0 Å². The smallest absolute Gasteiger partial charge is 0.537 e. The zero-order valence-electron chi connectivity index (χ0n) is 8.47. The molecule has 1 aromatic carbocycles. The summed E-state index contributed by atoms with van der Waals surface area (Å²) in [4.78, 5) is 11.2. The first kappa shape index (κ1) is 11.6. The average Bonchev–Trinajstić information content (AvgIpc) is 2.21. The fraction of sp³-hybridized carbons (Fsp3) is 0.300. The maximum atomic E-state index is 11.2. The highest BCUT2D eigenvalue weighted by Crippen LogP contribution is 2.18. The Bertz CT molecular complexity index is 327. The van der Waals surface area contributed by atoms with E-state index in [1.165, 1.54) is 0 Å². The number of rotatable bonds is 5. The molecule has 0 bridgehead atoms. The first-order valence-corrected chi connectivity index (χ1v) is 4.64. The first-order valence-electron chi connectivity index (χ1n) is 4.64. The molecule has 0 aliphatic heterocycles. The third kappa shape index (κ3) is 3.63. The molecule has 0 atom stereocenters. The molecule has 1 N–H and O–H groups in total. The minimum absolute atomic E-state index is 0.137. The topological polar surface area (TPSA) is 55.8 Å². The van der Waals surface area contributed by atoms with E-state index in [1.54, 1.807) is 31.2 Å². The molecule has 0 saturated carbocycles. The van der Waals surface area contributed by atoms with Gasteiger partial charge in [-0.2, -0.15) is 0 Å². The Kier molecular flexibility index (Phi) is 4.70. The van der Waals surface area contributed by atoms with Crippen LogP contribution in [0.15, 0.2) is 24.3 Å². The van der Waals surface area contributed by atoms with E-state index >= 15 is 0 Å². The van der Waals surface area contributed by atoms with Crippen molar-refractivity contribution in [3.8, 4) is 5.75 Å². The second-order valence-corrected chi connectivity index (χ2v) is 2.81. The van der Waals surface area contributed by atoms with Crippen LogP contribution in [0.3, 0.4) is 0 Å². The number of carbonyl (C=O) groups is 1. The van der Waals surface area contributed by atoms with Crippen LogP contribution in [0.1, 0.15) is 12.5 Å². The van der Waals surface area contributed by atoms with Crippen molar-refractivity contribution in [1.82, 2.24) is 0 Å². The summed E-state index contributed by atoms with van der Waals surface area (Å²) in [7, 11) is 0.587. The minimum Gasteiger partial charge on any atom is -0.537 e. The predicted octanol–water partition coefficient (Wildman–Crippen LogP) is 0.698.